The SMILES string of the molecule is N#Cc1ccc(-c2ccc(-n3ccc([C@H](CC(=O)OCc4ccccc4)C(=O)N4C(=O)OC[C@@H]4Cc4ccccc4)c3)cc2)cc1. The molecule has 4 aromatic carbocycles. The van der Waals surface area contributed by atoms with Crippen LogP contribution in [0.15, 0.2) is 128 Å². The number of nitriles is 1. The van der Waals surface area contributed by atoms with Crippen LogP contribution < -0.4 is 0 Å². The van der Waals surface area contributed by atoms with E-state index in [4.69, 9.17) is 14.7 Å². The highest BCUT2D eigenvalue weighted by Gasteiger charge is 2.42. The fourth-order valence-electron chi connectivity index (χ4n) is 5.59. The summed E-state index contributed by atoms with van der Waals surface area (Å²) in [6.45, 7) is 0.160. The maximum atomic E-state index is 14.1. The van der Waals surface area contributed by atoms with Gasteiger partial charge in [0.1, 0.15) is 13.2 Å². The van der Waals surface area contributed by atoms with E-state index in [1.165, 1.54) is 0 Å². The van der Waals surface area contributed by atoms with Crippen molar-refractivity contribution in [2.75, 3.05) is 6.61 Å². The number of rotatable bonds is 10. The lowest BCUT2D eigenvalue weighted by Gasteiger charge is -2.24. The predicted molar refractivity (Wildman–Crippen MR) is 172 cm³/mol. The first kappa shape index (κ1) is 30.1. The molecule has 0 unspecified atom stereocenters. The van der Waals surface area contributed by atoms with E-state index in [9.17, 15) is 14.4 Å². The van der Waals surface area contributed by atoms with Crippen molar-refractivity contribution in [2.24, 2.45) is 0 Å². The zero-order valence-electron chi connectivity index (χ0n) is 25.0. The fourth-order valence-corrected chi connectivity index (χ4v) is 5.59. The van der Waals surface area contributed by atoms with Gasteiger partial charge in [-0.15, -0.1) is 0 Å². The lowest BCUT2D eigenvalue weighted by atomic mass is 9.95. The third-order valence-electron chi connectivity index (χ3n) is 8.06. The summed E-state index contributed by atoms with van der Waals surface area (Å²) < 4.78 is 12.8. The minimum atomic E-state index is -0.966. The van der Waals surface area contributed by atoms with Gasteiger partial charge in [-0.05, 0) is 64.6 Å². The number of benzene rings is 4. The van der Waals surface area contributed by atoms with Crippen LogP contribution in [0.3, 0.4) is 0 Å². The molecule has 1 aromatic heterocycles. The summed E-state index contributed by atoms with van der Waals surface area (Å²) in [5, 5.41) is 9.08. The standard InChI is InChI=1S/C38H31N3O5/c39-23-28-11-13-30(14-12-28)31-15-17-33(18-16-31)40-20-19-32(24-40)35(22-36(42)45-25-29-9-5-2-6-10-29)37(43)41-34(26-46-38(41)44)21-27-7-3-1-4-8-27/h1-20,24,34-35H,21-22,25-26H2/t34-,35-/m0/s1. The number of carbonyl (C=O) groups excluding carboxylic acids is 3. The molecular weight excluding hydrogens is 578 g/mol. The number of carbonyl (C=O) groups is 3. The number of ether oxygens (including phenoxy) is 2. The Hall–Kier alpha value is -5.94. The first-order valence-electron chi connectivity index (χ1n) is 15.0. The lowest BCUT2D eigenvalue weighted by Crippen LogP contribution is -2.43. The molecule has 0 bridgehead atoms. The highest BCUT2D eigenvalue weighted by molar-refractivity contribution is 5.99. The zero-order valence-corrected chi connectivity index (χ0v) is 25.0. The summed E-state index contributed by atoms with van der Waals surface area (Å²) in [5.41, 5.74) is 5.81. The van der Waals surface area contributed by atoms with Gasteiger partial charge in [-0.1, -0.05) is 84.9 Å². The Kier molecular flexibility index (Phi) is 9.02. The van der Waals surface area contributed by atoms with Gasteiger partial charge in [0.05, 0.1) is 30.0 Å². The number of hydrogen-bond donors (Lipinski definition) is 0. The predicted octanol–water partition coefficient (Wildman–Crippen LogP) is 6.82. The van der Waals surface area contributed by atoms with E-state index >= 15 is 0 Å². The molecule has 0 N–H and O–H groups in total. The van der Waals surface area contributed by atoms with Crippen molar-refractivity contribution in [3.05, 3.63) is 150 Å². The quantitative estimate of drug-likeness (QED) is 0.161. The molecule has 6 rings (SSSR count). The molecule has 2 atom stereocenters. The largest absolute Gasteiger partial charge is 0.461 e. The van der Waals surface area contributed by atoms with Gasteiger partial charge in [-0.25, -0.2) is 9.69 Å². The Morgan fingerprint density at radius 2 is 1.48 bits per heavy atom. The van der Waals surface area contributed by atoms with Gasteiger partial charge in [0, 0.05) is 18.1 Å². The molecule has 8 nitrogen and oxygen atoms in total. The summed E-state index contributed by atoms with van der Waals surface area (Å²) in [6.07, 6.45) is 3.11. The second-order valence-corrected chi connectivity index (χ2v) is 11.1. The Balaban J connectivity index is 1.24. The zero-order chi connectivity index (χ0) is 31.9. The van der Waals surface area contributed by atoms with Gasteiger partial charge in [0.25, 0.3) is 0 Å². The van der Waals surface area contributed by atoms with Gasteiger partial charge < -0.3 is 14.0 Å². The number of aromatic nitrogens is 1. The molecule has 1 fully saturated rings. The van der Waals surface area contributed by atoms with Crippen molar-refractivity contribution in [3.63, 3.8) is 0 Å². The van der Waals surface area contributed by atoms with Gasteiger partial charge in [-0.2, -0.15) is 5.26 Å². The number of nitrogens with zero attached hydrogens (tertiary/aromatic N) is 3. The summed E-state index contributed by atoms with van der Waals surface area (Å²) in [6, 6.07) is 37.6. The van der Waals surface area contributed by atoms with Crippen LogP contribution in [-0.4, -0.2) is 40.1 Å². The number of cyclic esters (lactones) is 1. The van der Waals surface area contributed by atoms with Crippen LogP contribution in [0.5, 0.6) is 0 Å². The summed E-state index contributed by atoms with van der Waals surface area (Å²) in [7, 11) is 0. The molecule has 228 valence electrons. The molecule has 46 heavy (non-hydrogen) atoms. The molecule has 1 saturated heterocycles. The van der Waals surface area contributed by atoms with Gasteiger partial charge in [0.15, 0.2) is 0 Å². The average molecular weight is 610 g/mol. The van der Waals surface area contributed by atoms with E-state index in [-0.39, 0.29) is 19.6 Å². The summed E-state index contributed by atoms with van der Waals surface area (Å²) in [4.78, 5) is 41.3. The van der Waals surface area contributed by atoms with E-state index in [1.54, 1.807) is 24.4 Å². The number of amides is 2. The third-order valence-corrected chi connectivity index (χ3v) is 8.06. The first-order chi connectivity index (χ1) is 22.5. The molecule has 5 aromatic rings. The normalized spacial score (nSPS) is 14.7. The first-order valence-corrected chi connectivity index (χ1v) is 15.0. The maximum Gasteiger partial charge on any atom is 0.417 e. The van der Waals surface area contributed by atoms with Crippen LogP contribution >= 0.6 is 0 Å². The molecule has 0 radical (unpaired) electrons. The summed E-state index contributed by atoms with van der Waals surface area (Å²) >= 11 is 0. The van der Waals surface area contributed by atoms with E-state index in [2.05, 4.69) is 6.07 Å². The van der Waals surface area contributed by atoms with E-state index in [0.29, 0.717) is 17.5 Å². The van der Waals surface area contributed by atoms with Crippen molar-refractivity contribution in [1.82, 2.24) is 9.47 Å². The van der Waals surface area contributed by atoms with Crippen molar-refractivity contribution in [3.8, 4) is 22.9 Å². The average Bonchev–Trinajstić information content (AvgIpc) is 3.74. The maximum absolute atomic E-state index is 14.1. The van der Waals surface area contributed by atoms with Crippen LogP contribution in [0.4, 0.5) is 4.79 Å². The smallest absolute Gasteiger partial charge is 0.417 e. The minimum Gasteiger partial charge on any atom is -0.461 e. The van der Waals surface area contributed by atoms with Crippen LogP contribution in [-0.2, 0) is 32.1 Å². The van der Waals surface area contributed by atoms with Crippen molar-refractivity contribution < 1.29 is 23.9 Å². The van der Waals surface area contributed by atoms with E-state index in [1.807, 2.05) is 108 Å². The van der Waals surface area contributed by atoms with Gasteiger partial charge in [-0.3, -0.25) is 9.59 Å². The molecular formula is C38H31N3O5. The Morgan fingerprint density at radius 1 is 0.848 bits per heavy atom. The molecule has 1 aliphatic rings. The van der Waals surface area contributed by atoms with Gasteiger partial charge >= 0.3 is 12.1 Å². The second-order valence-electron chi connectivity index (χ2n) is 11.1. The molecule has 0 saturated carbocycles. The van der Waals surface area contributed by atoms with Crippen molar-refractivity contribution >= 4 is 18.0 Å². The highest BCUT2D eigenvalue weighted by Crippen LogP contribution is 2.30. The monoisotopic (exact) mass is 609 g/mol. The Bertz CT molecular complexity index is 1860. The minimum absolute atomic E-state index is 0.0789. The Morgan fingerprint density at radius 3 is 2.13 bits per heavy atom. The molecule has 2 heterocycles. The number of imide groups is 1. The van der Waals surface area contributed by atoms with E-state index in [0.717, 1.165) is 32.8 Å². The van der Waals surface area contributed by atoms with Crippen LogP contribution in [0, 0.1) is 11.3 Å². The number of esters is 1. The Labute approximate surface area is 267 Å². The van der Waals surface area contributed by atoms with Crippen LogP contribution in [0.1, 0.15) is 34.6 Å². The molecule has 0 spiro atoms. The number of hydrogen-bond acceptors (Lipinski definition) is 6. The molecule has 1 aliphatic heterocycles. The van der Waals surface area contributed by atoms with Crippen LogP contribution in [0.25, 0.3) is 16.8 Å². The fraction of sp³-hybridized carbons (Fsp3) is 0.158. The van der Waals surface area contributed by atoms with Crippen LogP contribution in [0.2, 0.25) is 0 Å². The third kappa shape index (κ3) is 6.90. The van der Waals surface area contributed by atoms with Gasteiger partial charge in [0.2, 0.25) is 5.91 Å². The van der Waals surface area contributed by atoms with E-state index < -0.39 is 29.9 Å². The lowest BCUT2D eigenvalue weighted by molar-refractivity contribution is -0.148. The topological polar surface area (TPSA) is 102 Å². The molecule has 8 heteroatoms. The second kappa shape index (κ2) is 13.8. The molecule has 2 amide bonds. The highest BCUT2D eigenvalue weighted by atomic mass is 16.6. The van der Waals surface area contributed by atoms with Crippen molar-refractivity contribution in [1.29, 1.82) is 5.26 Å². The molecule has 0 aliphatic carbocycles. The summed E-state index contributed by atoms with van der Waals surface area (Å²) in [5.74, 6) is -2.02. The van der Waals surface area contributed by atoms with Crippen molar-refractivity contribution in [2.45, 2.75) is 31.4 Å².